The molecular weight excluding hydrogens is 292 g/mol. The van der Waals surface area contributed by atoms with E-state index in [2.05, 4.69) is 29.4 Å². The SMILES string of the molecule is CCN(CC)CCCNC(=O)C1CCN(C(=O)C2CNC2)CC1. The summed E-state index contributed by atoms with van der Waals surface area (Å²) in [6.45, 7) is 11.3. The Balaban J connectivity index is 1.60. The van der Waals surface area contributed by atoms with Crippen molar-refractivity contribution in [2.45, 2.75) is 33.1 Å². The van der Waals surface area contributed by atoms with Gasteiger partial charge in [0.25, 0.3) is 0 Å². The molecule has 2 aliphatic heterocycles. The van der Waals surface area contributed by atoms with Crippen molar-refractivity contribution in [3.8, 4) is 0 Å². The predicted octanol–water partition coefficient (Wildman–Crippen LogP) is 0.293. The zero-order valence-corrected chi connectivity index (χ0v) is 14.6. The summed E-state index contributed by atoms with van der Waals surface area (Å²) in [6.07, 6.45) is 2.60. The molecule has 0 aromatic rings. The van der Waals surface area contributed by atoms with Crippen LogP contribution in [-0.2, 0) is 9.59 Å². The fraction of sp³-hybridized carbons (Fsp3) is 0.882. The molecule has 0 spiro atoms. The van der Waals surface area contributed by atoms with E-state index in [1.807, 2.05) is 4.90 Å². The number of carbonyl (C=O) groups is 2. The molecule has 0 aliphatic carbocycles. The molecule has 6 heteroatoms. The topological polar surface area (TPSA) is 64.7 Å². The third kappa shape index (κ3) is 5.18. The lowest BCUT2D eigenvalue weighted by Crippen LogP contribution is -2.54. The standard InChI is InChI=1S/C17H32N4O2/c1-3-20(4-2)9-5-8-19-16(22)14-6-10-21(11-7-14)17(23)15-12-18-13-15/h14-15,18H,3-13H2,1-2H3,(H,19,22). The highest BCUT2D eigenvalue weighted by Crippen LogP contribution is 2.20. The minimum atomic E-state index is 0.0759. The molecule has 0 radical (unpaired) electrons. The molecule has 0 saturated carbocycles. The monoisotopic (exact) mass is 324 g/mol. The molecule has 0 bridgehead atoms. The summed E-state index contributed by atoms with van der Waals surface area (Å²) in [5.41, 5.74) is 0. The van der Waals surface area contributed by atoms with Gasteiger partial charge in [-0.1, -0.05) is 13.8 Å². The van der Waals surface area contributed by atoms with Gasteiger partial charge in [-0.15, -0.1) is 0 Å². The molecule has 2 fully saturated rings. The maximum Gasteiger partial charge on any atom is 0.228 e. The molecule has 0 atom stereocenters. The second kappa shape index (κ2) is 9.23. The fourth-order valence-electron chi connectivity index (χ4n) is 3.28. The number of rotatable bonds is 8. The molecule has 132 valence electrons. The number of likely N-dealkylation sites (tertiary alicyclic amines) is 1. The normalized spacial score (nSPS) is 19.7. The van der Waals surface area contributed by atoms with Gasteiger partial charge in [0.1, 0.15) is 0 Å². The average Bonchev–Trinajstić information content (AvgIpc) is 2.53. The van der Waals surface area contributed by atoms with Crippen molar-refractivity contribution in [2.24, 2.45) is 11.8 Å². The van der Waals surface area contributed by atoms with Gasteiger partial charge >= 0.3 is 0 Å². The van der Waals surface area contributed by atoms with E-state index >= 15 is 0 Å². The average molecular weight is 324 g/mol. The molecule has 6 nitrogen and oxygen atoms in total. The minimum absolute atomic E-state index is 0.0759. The Kier molecular flexibility index (Phi) is 7.30. The van der Waals surface area contributed by atoms with Gasteiger partial charge in [0.05, 0.1) is 5.92 Å². The van der Waals surface area contributed by atoms with Gasteiger partial charge < -0.3 is 20.4 Å². The summed E-state index contributed by atoms with van der Waals surface area (Å²) in [4.78, 5) is 28.7. The molecule has 2 aliphatic rings. The highest BCUT2D eigenvalue weighted by molar-refractivity contribution is 5.81. The van der Waals surface area contributed by atoms with Crippen LogP contribution in [0.15, 0.2) is 0 Å². The van der Waals surface area contributed by atoms with Crippen molar-refractivity contribution >= 4 is 11.8 Å². The lowest BCUT2D eigenvalue weighted by atomic mass is 9.93. The van der Waals surface area contributed by atoms with E-state index in [0.29, 0.717) is 0 Å². The Hall–Kier alpha value is -1.14. The Morgan fingerprint density at radius 3 is 2.30 bits per heavy atom. The molecule has 2 N–H and O–H groups in total. The summed E-state index contributed by atoms with van der Waals surface area (Å²) in [5.74, 6) is 0.677. The smallest absolute Gasteiger partial charge is 0.228 e. The van der Waals surface area contributed by atoms with E-state index in [-0.39, 0.29) is 23.7 Å². The molecule has 0 aromatic carbocycles. The van der Waals surface area contributed by atoms with Crippen LogP contribution >= 0.6 is 0 Å². The number of piperidine rings is 1. The molecule has 0 aromatic heterocycles. The predicted molar refractivity (Wildman–Crippen MR) is 91.1 cm³/mol. The molecule has 23 heavy (non-hydrogen) atoms. The number of amides is 2. The van der Waals surface area contributed by atoms with Gasteiger partial charge in [-0.25, -0.2) is 0 Å². The molecule has 2 rings (SSSR count). The van der Waals surface area contributed by atoms with E-state index < -0.39 is 0 Å². The minimum Gasteiger partial charge on any atom is -0.356 e. The maximum absolute atomic E-state index is 12.2. The van der Waals surface area contributed by atoms with Crippen LogP contribution in [0.25, 0.3) is 0 Å². The second-order valence-electron chi connectivity index (χ2n) is 6.63. The second-order valence-corrected chi connectivity index (χ2v) is 6.63. The van der Waals surface area contributed by atoms with Crippen LogP contribution < -0.4 is 10.6 Å². The van der Waals surface area contributed by atoms with Crippen LogP contribution in [0.2, 0.25) is 0 Å². The molecule has 2 amide bonds. The lowest BCUT2D eigenvalue weighted by Gasteiger charge is -2.36. The van der Waals surface area contributed by atoms with Gasteiger partial charge in [0.2, 0.25) is 11.8 Å². The van der Waals surface area contributed by atoms with Crippen molar-refractivity contribution in [3.63, 3.8) is 0 Å². The van der Waals surface area contributed by atoms with Crippen molar-refractivity contribution in [1.29, 1.82) is 0 Å². The van der Waals surface area contributed by atoms with Crippen LogP contribution in [-0.4, -0.2) is 74.0 Å². The molecule has 2 heterocycles. The summed E-state index contributed by atoms with van der Waals surface area (Å²) >= 11 is 0. The molecular formula is C17H32N4O2. The van der Waals surface area contributed by atoms with E-state index in [9.17, 15) is 9.59 Å². The lowest BCUT2D eigenvalue weighted by molar-refractivity contribution is -0.140. The summed E-state index contributed by atoms with van der Waals surface area (Å²) in [6, 6.07) is 0. The fourth-order valence-corrected chi connectivity index (χ4v) is 3.28. The van der Waals surface area contributed by atoms with Crippen LogP contribution in [0.3, 0.4) is 0 Å². The first-order valence-electron chi connectivity index (χ1n) is 9.15. The summed E-state index contributed by atoms with van der Waals surface area (Å²) in [7, 11) is 0. The first-order chi connectivity index (χ1) is 11.2. The van der Waals surface area contributed by atoms with Crippen molar-refractivity contribution in [1.82, 2.24) is 20.4 Å². The van der Waals surface area contributed by atoms with Gasteiger partial charge in [0.15, 0.2) is 0 Å². The summed E-state index contributed by atoms with van der Waals surface area (Å²) in [5, 5.41) is 6.20. The molecule has 0 unspecified atom stereocenters. The Morgan fingerprint density at radius 2 is 1.78 bits per heavy atom. The van der Waals surface area contributed by atoms with Gasteiger partial charge in [0, 0.05) is 38.6 Å². The Bertz CT molecular complexity index is 386. The largest absolute Gasteiger partial charge is 0.356 e. The van der Waals surface area contributed by atoms with Gasteiger partial charge in [-0.2, -0.15) is 0 Å². The van der Waals surface area contributed by atoms with Crippen molar-refractivity contribution < 1.29 is 9.59 Å². The van der Waals surface area contributed by atoms with Crippen molar-refractivity contribution in [3.05, 3.63) is 0 Å². The number of hydrogen-bond acceptors (Lipinski definition) is 4. The Morgan fingerprint density at radius 1 is 1.13 bits per heavy atom. The van der Waals surface area contributed by atoms with Crippen LogP contribution in [0.4, 0.5) is 0 Å². The third-order valence-corrected chi connectivity index (χ3v) is 5.15. The first kappa shape index (κ1) is 18.2. The van der Waals surface area contributed by atoms with Crippen LogP contribution in [0.1, 0.15) is 33.1 Å². The highest BCUT2D eigenvalue weighted by atomic mass is 16.2. The maximum atomic E-state index is 12.2. The van der Waals surface area contributed by atoms with Gasteiger partial charge in [-0.05, 0) is 38.9 Å². The highest BCUT2D eigenvalue weighted by Gasteiger charge is 2.33. The van der Waals surface area contributed by atoms with Gasteiger partial charge in [-0.3, -0.25) is 9.59 Å². The Labute approximate surface area is 140 Å². The van der Waals surface area contributed by atoms with E-state index in [4.69, 9.17) is 0 Å². The quantitative estimate of drug-likeness (QED) is 0.630. The van der Waals surface area contributed by atoms with Crippen LogP contribution in [0.5, 0.6) is 0 Å². The van der Waals surface area contributed by atoms with E-state index in [1.165, 1.54) is 0 Å². The number of hydrogen-bond donors (Lipinski definition) is 2. The zero-order chi connectivity index (χ0) is 16.7. The first-order valence-corrected chi connectivity index (χ1v) is 9.15. The van der Waals surface area contributed by atoms with Crippen molar-refractivity contribution in [2.75, 3.05) is 52.4 Å². The third-order valence-electron chi connectivity index (χ3n) is 5.15. The number of nitrogens with one attached hydrogen (secondary N) is 2. The molecule has 2 saturated heterocycles. The van der Waals surface area contributed by atoms with Crippen LogP contribution in [0, 0.1) is 11.8 Å². The zero-order valence-electron chi connectivity index (χ0n) is 14.6. The number of carbonyl (C=O) groups excluding carboxylic acids is 2. The van der Waals surface area contributed by atoms with E-state index in [0.717, 1.165) is 71.6 Å². The van der Waals surface area contributed by atoms with E-state index in [1.54, 1.807) is 0 Å². The summed E-state index contributed by atoms with van der Waals surface area (Å²) < 4.78 is 0. The number of nitrogens with zero attached hydrogens (tertiary/aromatic N) is 2.